The Labute approximate surface area is 158 Å². The van der Waals surface area contributed by atoms with Crippen molar-refractivity contribution in [2.75, 3.05) is 12.9 Å². The van der Waals surface area contributed by atoms with Crippen LogP contribution in [0.25, 0.3) is 11.4 Å². The molecule has 0 bridgehead atoms. The number of carbonyl (C=O) groups is 1. The molecule has 0 spiro atoms. The van der Waals surface area contributed by atoms with Crippen LogP contribution in [0.1, 0.15) is 20.1 Å². The average molecular weight is 394 g/mol. The van der Waals surface area contributed by atoms with E-state index in [0.717, 1.165) is 20.9 Å². The second kappa shape index (κ2) is 7.59. The van der Waals surface area contributed by atoms with Gasteiger partial charge in [0.1, 0.15) is 5.75 Å². The van der Waals surface area contributed by atoms with Crippen LogP contribution < -0.4 is 4.74 Å². The Balaban J connectivity index is 1.73. The van der Waals surface area contributed by atoms with Crippen molar-refractivity contribution in [3.8, 4) is 17.1 Å². The number of ketones is 1. The predicted molar refractivity (Wildman–Crippen MR) is 102 cm³/mol. The number of carbonyl (C=O) groups excluding carboxylic acids is 1. The third-order valence-corrected chi connectivity index (χ3v) is 5.60. The molecule has 25 heavy (non-hydrogen) atoms. The van der Waals surface area contributed by atoms with Crippen molar-refractivity contribution in [2.24, 2.45) is 0 Å². The zero-order chi connectivity index (χ0) is 18.0. The van der Waals surface area contributed by atoms with Crippen LogP contribution in [0.4, 0.5) is 0 Å². The maximum atomic E-state index is 12.4. The van der Waals surface area contributed by atoms with Gasteiger partial charge >= 0.3 is 0 Å². The molecule has 0 aliphatic carbocycles. The van der Waals surface area contributed by atoms with Gasteiger partial charge in [-0.2, -0.15) is 0 Å². The Morgan fingerprint density at radius 1 is 1.36 bits per heavy atom. The fourth-order valence-corrected chi connectivity index (χ4v) is 4.21. The molecule has 2 heterocycles. The summed E-state index contributed by atoms with van der Waals surface area (Å²) < 4.78 is 5.33. The Bertz CT molecular complexity index is 921. The van der Waals surface area contributed by atoms with Gasteiger partial charge in [-0.15, -0.1) is 16.4 Å². The number of rotatable bonds is 6. The van der Waals surface area contributed by atoms with Crippen LogP contribution in [-0.4, -0.2) is 33.8 Å². The largest absolute Gasteiger partial charge is 0.496 e. The number of methoxy groups -OCH3 is 1. The molecule has 0 atom stereocenters. The number of aryl methyl sites for hydroxylation is 2. The van der Waals surface area contributed by atoms with E-state index in [1.54, 1.807) is 36.6 Å². The Morgan fingerprint density at radius 3 is 2.84 bits per heavy atom. The number of ether oxygens (including phenoxy) is 1. The quantitative estimate of drug-likeness (QED) is 0.481. The molecule has 2 aromatic heterocycles. The van der Waals surface area contributed by atoms with E-state index in [9.17, 15) is 4.79 Å². The number of aromatic amines is 1. The van der Waals surface area contributed by atoms with Gasteiger partial charge in [-0.05, 0) is 38.1 Å². The first-order chi connectivity index (χ1) is 12.0. The molecule has 0 amide bonds. The van der Waals surface area contributed by atoms with Crippen molar-refractivity contribution in [3.05, 3.63) is 44.6 Å². The molecule has 1 N–H and O–H groups in total. The second-order valence-electron chi connectivity index (χ2n) is 5.35. The zero-order valence-corrected chi connectivity index (χ0v) is 16.3. The summed E-state index contributed by atoms with van der Waals surface area (Å²) in [4.78, 5) is 19.0. The molecule has 0 unspecified atom stereocenters. The van der Waals surface area contributed by atoms with E-state index in [2.05, 4.69) is 15.2 Å². The normalized spacial score (nSPS) is 10.9. The highest BCUT2D eigenvalue weighted by Crippen LogP contribution is 2.31. The molecule has 0 saturated carbocycles. The van der Waals surface area contributed by atoms with Gasteiger partial charge in [-0.1, -0.05) is 23.4 Å². The third-order valence-electron chi connectivity index (χ3n) is 3.56. The number of nitrogens with zero attached hydrogens (tertiary/aromatic N) is 2. The Morgan fingerprint density at radius 2 is 2.16 bits per heavy atom. The standard InChI is InChI=1S/C17H16ClN3O2S2/c1-9-6-12(10(2)25-9)14(22)8-24-17-19-16(20-21-17)13-7-11(18)4-5-15(13)23-3/h4-7H,8H2,1-3H3,(H,19,20,21). The Kier molecular flexibility index (Phi) is 5.46. The number of benzene rings is 1. The summed E-state index contributed by atoms with van der Waals surface area (Å²) in [7, 11) is 1.59. The third kappa shape index (κ3) is 4.05. The van der Waals surface area contributed by atoms with Gasteiger partial charge < -0.3 is 4.74 Å². The first-order valence-corrected chi connectivity index (χ1v) is 9.65. The van der Waals surface area contributed by atoms with Gasteiger partial charge in [0, 0.05) is 20.3 Å². The molecule has 8 heteroatoms. The average Bonchev–Trinajstić information content (AvgIpc) is 3.19. The van der Waals surface area contributed by atoms with E-state index in [4.69, 9.17) is 16.3 Å². The summed E-state index contributed by atoms with van der Waals surface area (Å²) in [5.41, 5.74) is 1.51. The number of thioether (sulfide) groups is 1. The lowest BCUT2D eigenvalue weighted by Crippen LogP contribution is -2.02. The maximum Gasteiger partial charge on any atom is 0.209 e. The summed E-state index contributed by atoms with van der Waals surface area (Å²) in [6, 6.07) is 7.22. The van der Waals surface area contributed by atoms with E-state index in [-0.39, 0.29) is 5.78 Å². The molecule has 0 aliphatic rings. The molecule has 0 aliphatic heterocycles. The molecular weight excluding hydrogens is 378 g/mol. The van der Waals surface area contributed by atoms with Crippen LogP contribution in [0.2, 0.25) is 5.02 Å². The van der Waals surface area contributed by atoms with Gasteiger partial charge in [0.25, 0.3) is 0 Å². The molecule has 0 fully saturated rings. The number of thiophene rings is 1. The van der Waals surface area contributed by atoms with Crippen LogP contribution in [0.3, 0.4) is 0 Å². The van der Waals surface area contributed by atoms with Crippen molar-refractivity contribution in [1.82, 2.24) is 15.2 Å². The molecular formula is C17H16ClN3O2S2. The highest BCUT2D eigenvalue weighted by molar-refractivity contribution is 7.99. The second-order valence-corrected chi connectivity index (χ2v) is 8.19. The highest BCUT2D eigenvalue weighted by atomic mass is 35.5. The van der Waals surface area contributed by atoms with Gasteiger partial charge in [0.05, 0.1) is 18.4 Å². The van der Waals surface area contributed by atoms with E-state index in [1.807, 2.05) is 19.9 Å². The van der Waals surface area contributed by atoms with Gasteiger partial charge in [-0.3, -0.25) is 9.89 Å². The number of nitrogens with one attached hydrogen (secondary N) is 1. The van der Waals surface area contributed by atoms with Crippen LogP contribution in [-0.2, 0) is 0 Å². The minimum absolute atomic E-state index is 0.0820. The van der Waals surface area contributed by atoms with E-state index in [0.29, 0.717) is 27.5 Å². The molecule has 0 saturated heterocycles. The molecule has 3 aromatic rings. The molecule has 3 rings (SSSR count). The molecule has 1 aromatic carbocycles. The lowest BCUT2D eigenvalue weighted by atomic mass is 10.2. The van der Waals surface area contributed by atoms with Crippen molar-refractivity contribution in [3.63, 3.8) is 0 Å². The monoisotopic (exact) mass is 393 g/mol. The number of hydrogen-bond acceptors (Lipinski definition) is 6. The number of halogens is 1. The number of aromatic nitrogens is 3. The van der Waals surface area contributed by atoms with Gasteiger partial charge in [0.2, 0.25) is 5.16 Å². The van der Waals surface area contributed by atoms with Crippen molar-refractivity contribution in [1.29, 1.82) is 0 Å². The van der Waals surface area contributed by atoms with Crippen LogP contribution >= 0.6 is 34.7 Å². The Hall–Kier alpha value is -1.83. The fourth-order valence-electron chi connectivity index (χ4n) is 2.41. The lowest BCUT2D eigenvalue weighted by molar-refractivity contribution is 0.102. The smallest absolute Gasteiger partial charge is 0.209 e. The number of H-pyrrole nitrogens is 1. The molecule has 0 radical (unpaired) electrons. The summed E-state index contributed by atoms with van der Waals surface area (Å²) in [6.45, 7) is 3.97. The van der Waals surface area contributed by atoms with E-state index >= 15 is 0 Å². The number of Topliss-reactive ketones (excluding diaryl/α,β-unsaturated/α-hetero) is 1. The van der Waals surface area contributed by atoms with Crippen LogP contribution in [0.15, 0.2) is 29.4 Å². The van der Waals surface area contributed by atoms with Crippen molar-refractivity contribution >= 4 is 40.5 Å². The zero-order valence-electron chi connectivity index (χ0n) is 13.9. The summed E-state index contributed by atoms with van der Waals surface area (Å²) in [5, 5.41) is 8.14. The maximum absolute atomic E-state index is 12.4. The molecule has 130 valence electrons. The van der Waals surface area contributed by atoms with Crippen LogP contribution in [0.5, 0.6) is 5.75 Å². The topological polar surface area (TPSA) is 67.9 Å². The first kappa shape index (κ1) is 18.0. The lowest BCUT2D eigenvalue weighted by Gasteiger charge is -2.05. The van der Waals surface area contributed by atoms with Gasteiger partial charge in [-0.25, -0.2) is 4.98 Å². The number of hydrogen-bond donors (Lipinski definition) is 1. The van der Waals surface area contributed by atoms with E-state index in [1.165, 1.54) is 11.8 Å². The molecule has 5 nitrogen and oxygen atoms in total. The highest BCUT2D eigenvalue weighted by Gasteiger charge is 2.15. The SMILES string of the molecule is COc1ccc(Cl)cc1-c1nc(SCC(=O)c2cc(C)sc2C)n[nH]1. The summed E-state index contributed by atoms with van der Waals surface area (Å²) >= 11 is 8.99. The van der Waals surface area contributed by atoms with Crippen molar-refractivity contribution < 1.29 is 9.53 Å². The van der Waals surface area contributed by atoms with Gasteiger partial charge in [0.15, 0.2) is 11.6 Å². The van der Waals surface area contributed by atoms with Crippen molar-refractivity contribution in [2.45, 2.75) is 19.0 Å². The van der Waals surface area contributed by atoms with E-state index < -0.39 is 0 Å². The summed E-state index contributed by atoms with van der Waals surface area (Å²) in [6.07, 6.45) is 0. The fraction of sp³-hybridized carbons (Fsp3) is 0.235. The van der Waals surface area contributed by atoms with Crippen LogP contribution in [0, 0.1) is 13.8 Å². The summed E-state index contributed by atoms with van der Waals surface area (Å²) in [5.74, 6) is 1.58. The first-order valence-electron chi connectivity index (χ1n) is 7.47. The predicted octanol–water partition coefficient (Wildman–Crippen LogP) is 4.79. The minimum Gasteiger partial charge on any atom is -0.496 e. The minimum atomic E-state index is 0.0820.